The van der Waals surface area contributed by atoms with Gasteiger partial charge in [-0.25, -0.2) is 4.98 Å². The lowest BCUT2D eigenvalue weighted by Gasteiger charge is -1.96. The van der Waals surface area contributed by atoms with E-state index in [1.54, 1.807) is 41.1 Å². The van der Waals surface area contributed by atoms with Crippen LogP contribution in [0.4, 0.5) is 0 Å². The van der Waals surface area contributed by atoms with Crippen LogP contribution in [-0.2, 0) is 5.75 Å². The average molecular weight is 356 g/mol. The molecular formula is C13H10ClN3OS3. The summed E-state index contributed by atoms with van der Waals surface area (Å²) in [4.78, 5) is 4.28. The van der Waals surface area contributed by atoms with Crippen molar-refractivity contribution < 1.29 is 4.42 Å². The van der Waals surface area contributed by atoms with Gasteiger partial charge in [-0.1, -0.05) is 58.6 Å². The molecule has 0 atom stereocenters. The molecule has 8 heteroatoms. The van der Waals surface area contributed by atoms with Gasteiger partial charge in [0.1, 0.15) is 0 Å². The van der Waals surface area contributed by atoms with Crippen LogP contribution in [0.3, 0.4) is 0 Å². The largest absolute Gasteiger partial charge is 0.440 e. The molecule has 2 heterocycles. The molecule has 21 heavy (non-hydrogen) atoms. The van der Waals surface area contributed by atoms with E-state index in [1.165, 1.54) is 0 Å². The molecule has 0 aliphatic rings. The van der Waals surface area contributed by atoms with Crippen LogP contribution in [0.15, 0.2) is 43.6 Å². The number of nitrogens with zero attached hydrogens (tertiary/aromatic N) is 3. The quantitative estimate of drug-likeness (QED) is 0.609. The number of thioether (sulfide) groups is 2. The fraction of sp³-hybridized carbons (Fsp3) is 0.154. The third kappa shape index (κ3) is 3.79. The molecule has 0 saturated carbocycles. The van der Waals surface area contributed by atoms with E-state index in [4.69, 9.17) is 16.0 Å². The van der Waals surface area contributed by atoms with Crippen molar-refractivity contribution in [3.8, 4) is 11.3 Å². The second-order valence-electron chi connectivity index (χ2n) is 3.96. The van der Waals surface area contributed by atoms with Crippen LogP contribution >= 0.6 is 46.5 Å². The molecule has 0 bridgehead atoms. The van der Waals surface area contributed by atoms with Gasteiger partial charge in [-0.2, -0.15) is 0 Å². The second-order valence-corrected chi connectivity index (χ2v) is 7.65. The Bertz CT molecular complexity index is 744. The first-order chi connectivity index (χ1) is 10.2. The minimum atomic E-state index is 0.629. The molecule has 0 aliphatic heterocycles. The van der Waals surface area contributed by atoms with Crippen molar-refractivity contribution in [2.24, 2.45) is 0 Å². The predicted molar refractivity (Wildman–Crippen MR) is 88.2 cm³/mol. The van der Waals surface area contributed by atoms with Crippen LogP contribution in [0, 0.1) is 0 Å². The summed E-state index contributed by atoms with van der Waals surface area (Å²) >= 11 is 10.7. The van der Waals surface area contributed by atoms with E-state index in [0.717, 1.165) is 20.0 Å². The van der Waals surface area contributed by atoms with Gasteiger partial charge >= 0.3 is 0 Å². The van der Waals surface area contributed by atoms with Gasteiger partial charge < -0.3 is 4.42 Å². The van der Waals surface area contributed by atoms with E-state index < -0.39 is 0 Å². The van der Waals surface area contributed by atoms with E-state index in [2.05, 4.69) is 15.2 Å². The van der Waals surface area contributed by atoms with Gasteiger partial charge in [0, 0.05) is 10.6 Å². The zero-order valence-electron chi connectivity index (χ0n) is 10.9. The van der Waals surface area contributed by atoms with Crippen molar-refractivity contribution in [2.75, 3.05) is 6.26 Å². The SMILES string of the molecule is CSc1nnc(SCc2ncc(-c3cccc(Cl)c3)o2)s1. The molecule has 3 rings (SSSR count). The summed E-state index contributed by atoms with van der Waals surface area (Å²) in [5, 5.41) is 8.84. The van der Waals surface area contributed by atoms with Gasteiger partial charge in [-0.3, -0.25) is 0 Å². The summed E-state index contributed by atoms with van der Waals surface area (Å²) in [6.07, 6.45) is 3.70. The van der Waals surface area contributed by atoms with Crippen LogP contribution in [0.5, 0.6) is 0 Å². The number of halogens is 1. The zero-order valence-corrected chi connectivity index (χ0v) is 14.2. The summed E-state index contributed by atoms with van der Waals surface area (Å²) in [7, 11) is 0. The smallest absolute Gasteiger partial charge is 0.205 e. The van der Waals surface area contributed by atoms with Gasteiger partial charge in [0.05, 0.1) is 11.9 Å². The highest BCUT2D eigenvalue weighted by molar-refractivity contribution is 8.02. The molecule has 0 spiro atoms. The zero-order chi connectivity index (χ0) is 14.7. The molecule has 0 fully saturated rings. The Morgan fingerprint density at radius 1 is 1.29 bits per heavy atom. The number of hydrogen-bond donors (Lipinski definition) is 0. The Morgan fingerprint density at radius 3 is 2.90 bits per heavy atom. The van der Waals surface area contributed by atoms with Gasteiger partial charge in [-0.15, -0.1) is 10.2 Å². The van der Waals surface area contributed by atoms with Gasteiger partial charge in [0.15, 0.2) is 14.4 Å². The normalized spacial score (nSPS) is 11.0. The molecule has 0 radical (unpaired) electrons. The third-order valence-electron chi connectivity index (χ3n) is 2.54. The molecule has 0 saturated heterocycles. The van der Waals surface area contributed by atoms with Crippen molar-refractivity contribution >= 4 is 46.5 Å². The van der Waals surface area contributed by atoms with Crippen molar-refractivity contribution in [2.45, 2.75) is 14.4 Å². The van der Waals surface area contributed by atoms with Crippen molar-refractivity contribution in [1.82, 2.24) is 15.2 Å². The molecule has 1 aromatic carbocycles. The lowest BCUT2D eigenvalue weighted by molar-refractivity contribution is 0.530. The van der Waals surface area contributed by atoms with Crippen LogP contribution < -0.4 is 0 Å². The van der Waals surface area contributed by atoms with Crippen molar-refractivity contribution in [1.29, 1.82) is 0 Å². The first-order valence-corrected chi connectivity index (χ1v) is 9.36. The van der Waals surface area contributed by atoms with Gasteiger partial charge in [0.2, 0.25) is 5.89 Å². The monoisotopic (exact) mass is 355 g/mol. The summed E-state index contributed by atoms with van der Waals surface area (Å²) < 4.78 is 7.62. The van der Waals surface area contributed by atoms with E-state index in [9.17, 15) is 0 Å². The van der Waals surface area contributed by atoms with Crippen LogP contribution in [-0.4, -0.2) is 21.4 Å². The molecule has 4 nitrogen and oxygen atoms in total. The van der Waals surface area contributed by atoms with Gasteiger partial charge in [0.25, 0.3) is 0 Å². The maximum absolute atomic E-state index is 5.98. The molecular weight excluding hydrogens is 346 g/mol. The summed E-state index contributed by atoms with van der Waals surface area (Å²) in [6, 6.07) is 7.52. The average Bonchev–Trinajstić information content (AvgIpc) is 3.14. The van der Waals surface area contributed by atoms with E-state index >= 15 is 0 Å². The second kappa shape index (κ2) is 6.83. The number of benzene rings is 1. The van der Waals surface area contributed by atoms with Crippen LogP contribution in [0.25, 0.3) is 11.3 Å². The molecule has 108 valence electrons. The Hall–Kier alpha value is -1.02. The van der Waals surface area contributed by atoms with Gasteiger partial charge in [-0.05, 0) is 18.4 Å². The molecule has 2 aromatic heterocycles. The third-order valence-corrected chi connectivity index (χ3v) is 5.80. The molecule has 0 unspecified atom stereocenters. The minimum absolute atomic E-state index is 0.629. The Morgan fingerprint density at radius 2 is 2.14 bits per heavy atom. The number of oxazole rings is 1. The standard InChI is InChI=1S/C13H10ClN3OS3/c1-19-12-16-17-13(21-12)20-7-11-15-6-10(18-11)8-3-2-4-9(14)5-8/h2-6H,7H2,1H3. The summed E-state index contributed by atoms with van der Waals surface area (Å²) in [6.45, 7) is 0. The van der Waals surface area contributed by atoms with Crippen molar-refractivity contribution in [3.05, 3.63) is 41.4 Å². The van der Waals surface area contributed by atoms with E-state index in [0.29, 0.717) is 16.7 Å². The fourth-order valence-electron chi connectivity index (χ4n) is 1.61. The lowest BCUT2D eigenvalue weighted by Crippen LogP contribution is -1.79. The first kappa shape index (κ1) is 14.9. The van der Waals surface area contributed by atoms with E-state index in [-0.39, 0.29) is 0 Å². The van der Waals surface area contributed by atoms with Crippen LogP contribution in [0.2, 0.25) is 5.02 Å². The number of hydrogen-bond acceptors (Lipinski definition) is 7. The Kier molecular flexibility index (Phi) is 4.84. The molecule has 0 N–H and O–H groups in total. The summed E-state index contributed by atoms with van der Waals surface area (Å²) in [5.41, 5.74) is 0.923. The lowest BCUT2D eigenvalue weighted by atomic mass is 10.2. The Labute approximate surface area is 139 Å². The van der Waals surface area contributed by atoms with Crippen molar-refractivity contribution in [3.63, 3.8) is 0 Å². The molecule has 3 aromatic rings. The highest BCUT2D eigenvalue weighted by atomic mass is 35.5. The number of rotatable bonds is 5. The minimum Gasteiger partial charge on any atom is -0.440 e. The first-order valence-electron chi connectivity index (χ1n) is 5.95. The maximum atomic E-state index is 5.98. The Balaban J connectivity index is 1.67. The predicted octanol–water partition coefficient (Wildman–Crippen LogP) is 4.86. The van der Waals surface area contributed by atoms with E-state index in [1.807, 2.05) is 30.5 Å². The highest BCUT2D eigenvalue weighted by Gasteiger charge is 2.09. The van der Waals surface area contributed by atoms with Crippen LogP contribution in [0.1, 0.15) is 5.89 Å². The maximum Gasteiger partial charge on any atom is 0.205 e. The topological polar surface area (TPSA) is 51.8 Å². The number of aromatic nitrogens is 3. The molecule has 0 aliphatic carbocycles. The fourth-order valence-corrected chi connectivity index (χ4v) is 4.10. The molecule has 0 amide bonds. The highest BCUT2D eigenvalue weighted by Crippen LogP contribution is 2.30. The summed E-state index contributed by atoms with van der Waals surface area (Å²) in [5.74, 6) is 2.01.